The summed E-state index contributed by atoms with van der Waals surface area (Å²) in [5.74, 6) is -1.90. The molecule has 0 saturated carbocycles. The van der Waals surface area contributed by atoms with Crippen molar-refractivity contribution in [3.63, 3.8) is 0 Å². The molecule has 0 heterocycles. The Balaban J connectivity index is 1.44. The molecule has 0 aliphatic heterocycles. The van der Waals surface area contributed by atoms with Crippen molar-refractivity contribution in [1.82, 2.24) is 10.8 Å². The summed E-state index contributed by atoms with van der Waals surface area (Å²) in [6.45, 7) is 0.0238. The van der Waals surface area contributed by atoms with Gasteiger partial charge in [0.25, 0.3) is 0 Å². The Bertz CT molecular complexity index is 919. The molecular weight excluding hydrogens is 414 g/mol. The number of benzene rings is 2. The minimum Gasteiger partial charge on any atom is -0.480 e. The normalized spacial score (nSPS) is 13.0. The molecule has 1 atom stereocenters. The number of ether oxygens (including phenoxy) is 1. The van der Waals surface area contributed by atoms with Crippen LogP contribution < -0.4 is 16.5 Å². The van der Waals surface area contributed by atoms with Crippen LogP contribution in [0, 0.1) is 0 Å². The molecule has 9 nitrogen and oxygen atoms in total. The fourth-order valence-corrected chi connectivity index (χ4v) is 3.77. The van der Waals surface area contributed by atoms with Gasteiger partial charge in [-0.1, -0.05) is 48.5 Å². The van der Waals surface area contributed by atoms with Gasteiger partial charge >= 0.3 is 12.1 Å². The molecule has 1 aliphatic carbocycles. The minimum atomic E-state index is -1.14. The molecule has 9 heteroatoms. The van der Waals surface area contributed by atoms with E-state index in [1.807, 2.05) is 48.5 Å². The Hall–Kier alpha value is -3.43. The van der Waals surface area contributed by atoms with E-state index in [-0.39, 0.29) is 18.9 Å². The van der Waals surface area contributed by atoms with Crippen molar-refractivity contribution >= 4 is 18.0 Å². The van der Waals surface area contributed by atoms with Gasteiger partial charge in [-0.3, -0.25) is 9.63 Å². The summed E-state index contributed by atoms with van der Waals surface area (Å²) in [7, 11) is 0. The van der Waals surface area contributed by atoms with E-state index in [0.29, 0.717) is 19.4 Å². The highest BCUT2D eigenvalue weighted by molar-refractivity contribution is 5.84. The largest absolute Gasteiger partial charge is 0.480 e. The van der Waals surface area contributed by atoms with Crippen LogP contribution in [0.1, 0.15) is 36.3 Å². The predicted octanol–water partition coefficient (Wildman–Crippen LogP) is 2.16. The van der Waals surface area contributed by atoms with Gasteiger partial charge in [-0.05, 0) is 48.1 Å². The van der Waals surface area contributed by atoms with Gasteiger partial charge in [-0.25, -0.2) is 9.59 Å². The minimum absolute atomic E-state index is 0.0960. The SMILES string of the molecule is NCCCC[C@H](NC(=O)CONC(=O)OCC1c2ccccc2-c2ccccc21)C(=O)O. The number of hydrogen-bond donors (Lipinski definition) is 4. The van der Waals surface area contributed by atoms with E-state index < -0.39 is 30.6 Å². The zero-order valence-electron chi connectivity index (χ0n) is 17.6. The smallest absolute Gasteiger partial charge is 0.431 e. The average Bonchev–Trinajstić information content (AvgIpc) is 3.11. The highest BCUT2D eigenvalue weighted by Crippen LogP contribution is 2.44. The number of amides is 2. The Morgan fingerprint density at radius 3 is 2.22 bits per heavy atom. The second-order valence-electron chi connectivity index (χ2n) is 7.46. The number of unbranched alkanes of at least 4 members (excludes halogenated alkanes) is 1. The first-order valence-electron chi connectivity index (χ1n) is 10.5. The number of carboxylic acids is 1. The fourth-order valence-electron chi connectivity index (χ4n) is 3.77. The molecule has 3 rings (SSSR count). The summed E-state index contributed by atoms with van der Waals surface area (Å²) in [6, 6.07) is 14.9. The first kappa shape index (κ1) is 23.2. The molecule has 2 aromatic rings. The van der Waals surface area contributed by atoms with E-state index in [2.05, 4.69) is 10.8 Å². The Kier molecular flexibility index (Phi) is 8.18. The Labute approximate surface area is 185 Å². The van der Waals surface area contributed by atoms with Crippen molar-refractivity contribution < 1.29 is 29.1 Å². The van der Waals surface area contributed by atoms with Crippen LogP contribution in [0.4, 0.5) is 4.79 Å². The van der Waals surface area contributed by atoms with Crippen LogP contribution in [0.15, 0.2) is 48.5 Å². The lowest BCUT2D eigenvalue weighted by atomic mass is 9.98. The summed E-state index contributed by atoms with van der Waals surface area (Å²) in [6.07, 6.45) is 0.668. The maximum atomic E-state index is 12.0. The summed E-state index contributed by atoms with van der Waals surface area (Å²) in [5.41, 5.74) is 11.8. The number of fused-ring (bicyclic) bond motifs is 3. The van der Waals surface area contributed by atoms with Crippen LogP contribution in [0.2, 0.25) is 0 Å². The number of rotatable bonds is 11. The molecule has 0 spiro atoms. The molecule has 0 radical (unpaired) electrons. The molecule has 32 heavy (non-hydrogen) atoms. The van der Waals surface area contributed by atoms with Gasteiger partial charge < -0.3 is 20.9 Å². The summed E-state index contributed by atoms with van der Waals surface area (Å²) < 4.78 is 5.29. The maximum absolute atomic E-state index is 12.0. The first-order valence-corrected chi connectivity index (χ1v) is 10.5. The molecule has 170 valence electrons. The molecule has 0 saturated heterocycles. The molecule has 2 amide bonds. The van der Waals surface area contributed by atoms with Gasteiger partial charge in [0.1, 0.15) is 12.6 Å². The lowest BCUT2D eigenvalue weighted by Crippen LogP contribution is -2.43. The first-order chi connectivity index (χ1) is 15.5. The molecule has 0 fully saturated rings. The van der Waals surface area contributed by atoms with E-state index in [0.717, 1.165) is 22.3 Å². The number of nitrogens with two attached hydrogens (primary N) is 1. The van der Waals surface area contributed by atoms with E-state index in [1.165, 1.54) is 0 Å². The van der Waals surface area contributed by atoms with E-state index in [4.69, 9.17) is 15.3 Å². The van der Waals surface area contributed by atoms with Gasteiger partial charge in [0.05, 0.1) is 0 Å². The van der Waals surface area contributed by atoms with Crippen molar-refractivity contribution in [2.24, 2.45) is 5.73 Å². The monoisotopic (exact) mass is 441 g/mol. The summed E-state index contributed by atoms with van der Waals surface area (Å²) in [5, 5.41) is 11.5. The zero-order chi connectivity index (χ0) is 22.9. The van der Waals surface area contributed by atoms with Crippen LogP contribution in [-0.2, 0) is 19.2 Å². The second-order valence-corrected chi connectivity index (χ2v) is 7.46. The van der Waals surface area contributed by atoms with Gasteiger partial charge in [-0.15, -0.1) is 0 Å². The third kappa shape index (κ3) is 5.83. The molecule has 0 unspecified atom stereocenters. The van der Waals surface area contributed by atoms with Crippen LogP contribution in [0.25, 0.3) is 11.1 Å². The van der Waals surface area contributed by atoms with Crippen molar-refractivity contribution in [3.8, 4) is 11.1 Å². The number of hydrogen-bond acceptors (Lipinski definition) is 6. The number of hydroxylamine groups is 1. The van der Waals surface area contributed by atoms with E-state index in [9.17, 15) is 19.5 Å². The maximum Gasteiger partial charge on any atom is 0.431 e. The third-order valence-electron chi connectivity index (χ3n) is 5.28. The third-order valence-corrected chi connectivity index (χ3v) is 5.28. The van der Waals surface area contributed by atoms with Crippen molar-refractivity contribution in [1.29, 1.82) is 0 Å². The molecule has 0 bridgehead atoms. The summed E-state index contributed by atoms with van der Waals surface area (Å²) >= 11 is 0. The number of aliphatic carboxylic acids is 1. The van der Waals surface area contributed by atoms with Crippen molar-refractivity contribution in [2.75, 3.05) is 19.8 Å². The molecule has 1 aliphatic rings. The van der Waals surface area contributed by atoms with Gasteiger partial charge in [0.2, 0.25) is 5.91 Å². The van der Waals surface area contributed by atoms with Crippen molar-refractivity contribution in [2.45, 2.75) is 31.2 Å². The zero-order valence-corrected chi connectivity index (χ0v) is 17.6. The highest BCUT2D eigenvalue weighted by atomic mass is 16.7. The number of nitrogens with one attached hydrogen (secondary N) is 2. The topological polar surface area (TPSA) is 140 Å². The number of carboxylic acid groups (broad SMARTS) is 1. The van der Waals surface area contributed by atoms with Gasteiger partial charge in [0, 0.05) is 5.92 Å². The molecular formula is C23H27N3O6. The van der Waals surface area contributed by atoms with Crippen molar-refractivity contribution in [3.05, 3.63) is 59.7 Å². The Morgan fingerprint density at radius 1 is 1.00 bits per heavy atom. The predicted molar refractivity (Wildman–Crippen MR) is 117 cm³/mol. The van der Waals surface area contributed by atoms with Crippen LogP contribution in [0.3, 0.4) is 0 Å². The van der Waals surface area contributed by atoms with Crippen LogP contribution in [-0.4, -0.2) is 48.9 Å². The average molecular weight is 441 g/mol. The lowest BCUT2D eigenvalue weighted by molar-refractivity contribution is -0.143. The molecule has 0 aromatic heterocycles. The van der Waals surface area contributed by atoms with E-state index >= 15 is 0 Å². The standard InChI is InChI=1S/C23H27N3O6/c24-12-6-5-11-20(22(28)29)25-21(27)14-32-26-23(30)31-13-19-17-9-3-1-7-15(17)16-8-2-4-10-18(16)19/h1-4,7-10,19-20H,5-6,11-14,24H2,(H,25,27)(H,26,30)(H,28,29)/t20-/m0/s1. The lowest BCUT2D eigenvalue weighted by Gasteiger charge is -2.15. The summed E-state index contributed by atoms with van der Waals surface area (Å²) in [4.78, 5) is 40.0. The second kappa shape index (κ2) is 11.3. The fraction of sp³-hybridized carbons (Fsp3) is 0.348. The van der Waals surface area contributed by atoms with Crippen LogP contribution in [0.5, 0.6) is 0 Å². The number of carbonyl (C=O) groups excluding carboxylic acids is 2. The van der Waals surface area contributed by atoms with Gasteiger partial charge in [0.15, 0.2) is 6.61 Å². The molecule has 2 aromatic carbocycles. The van der Waals surface area contributed by atoms with E-state index in [1.54, 1.807) is 0 Å². The van der Waals surface area contributed by atoms with Gasteiger partial charge in [-0.2, -0.15) is 5.48 Å². The number of carbonyl (C=O) groups is 3. The Morgan fingerprint density at radius 2 is 1.62 bits per heavy atom. The molecule has 5 N–H and O–H groups in total. The quantitative estimate of drug-likeness (QED) is 0.309. The van der Waals surface area contributed by atoms with Crippen LogP contribution >= 0.6 is 0 Å². The highest BCUT2D eigenvalue weighted by Gasteiger charge is 2.29.